The number of hydrogen-bond acceptors (Lipinski definition) is 4. The molecule has 3 nitrogen and oxygen atoms in total. The molecule has 2 rings (SSSR count). The molecule has 0 aliphatic heterocycles. The van der Waals surface area contributed by atoms with Crippen LogP contribution in [0.4, 0.5) is 0 Å². The molecule has 0 heterocycles. The summed E-state index contributed by atoms with van der Waals surface area (Å²) in [6, 6.07) is 11.6. The molecule has 0 amide bonds. The smallest absolute Gasteiger partial charge is 0.159 e. The third kappa shape index (κ3) is 3.40. The fraction of sp³-hybridized carbons (Fsp3) is 0.0667. The lowest BCUT2D eigenvalue weighted by Gasteiger charge is -2.10. The molecule has 102 valence electrons. The minimum atomic E-state index is -1.27. The van der Waals surface area contributed by atoms with Crippen LogP contribution in [0.2, 0.25) is 5.02 Å². The maximum atomic E-state index is 11.2. The van der Waals surface area contributed by atoms with Crippen LogP contribution in [0.1, 0.15) is 27.6 Å². The van der Waals surface area contributed by atoms with Gasteiger partial charge in [0.15, 0.2) is 5.78 Å². The normalized spacial score (nSPS) is 10.3. The Bertz CT molecular complexity index is 665. The summed E-state index contributed by atoms with van der Waals surface area (Å²) in [6.45, 7) is 1.50. The van der Waals surface area contributed by atoms with Crippen molar-refractivity contribution in [2.45, 2.75) is 16.7 Å². The zero-order valence-corrected chi connectivity index (χ0v) is 12.1. The Morgan fingerprint density at radius 1 is 1.10 bits per heavy atom. The van der Waals surface area contributed by atoms with Crippen LogP contribution >= 0.6 is 23.4 Å². The quantitative estimate of drug-likeness (QED) is 0.815. The number of halogens is 1. The number of Topliss-reactive ketones (excluding diaryl/α,β-unsaturated/α-hetero) is 1. The van der Waals surface area contributed by atoms with Gasteiger partial charge in [0.25, 0.3) is 0 Å². The molecule has 0 aliphatic carbocycles. The maximum absolute atomic E-state index is 11.2. The zero-order valence-electron chi connectivity index (χ0n) is 10.6. The van der Waals surface area contributed by atoms with Gasteiger partial charge in [0.1, 0.15) is 0 Å². The van der Waals surface area contributed by atoms with Crippen LogP contribution in [-0.4, -0.2) is 11.8 Å². The highest BCUT2D eigenvalue weighted by molar-refractivity contribution is 7.99. The first-order valence-electron chi connectivity index (χ1n) is 5.77. The molecule has 0 radical (unpaired) electrons. The van der Waals surface area contributed by atoms with Gasteiger partial charge in [-0.1, -0.05) is 35.5 Å². The second-order valence-electron chi connectivity index (χ2n) is 4.11. The summed E-state index contributed by atoms with van der Waals surface area (Å²) < 4.78 is 0. The number of benzene rings is 2. The molecule has 0 fully saturated rings. The van der Waals surface area contributed by atoms with Crippen molar-refractivity contribution < 1.29 is 14.7 Å². The van der Waals surface area contributed by atoms with Crippen molar-refractivity contribution >= 4 is 35.1 Å². The number of carbonyl (C=O) groups excluding carboxylic acids is 2. The molecule has 0 saturated heterocycles. The molecule has 0 aliphatic rings. The second-order valence-corrected chi connectivity index (χ2v) is 5.66. The second kappa shape index (κ2) is 6.11. The van der Waals surface area contributed by atoms with Crippen molar-refractivity contribution in [2.75, 3.05) is 0 Å². The largest absolute Gasteiger partial charge is 0.545 e. The summed E-state index contributed by atoms with van der Waals surface area (Å²) in [6.07, 6.45) is 0. The van der Waals surface area contributed by atoms with Crippen LogP contribution in [0.15, 0.2) is 52.3 Å². The Kier molecular flexibility index (Phi) is 4.47. The highest BCUT2D eigenvalue weighted by Gasteiger charge is 2.07. The molecule has 0 atom stereocenters. The number of hydrogen-bond donors (Lipinski definition) is 0. The van der Waals surface area contributed by atoms with Crippen molar-refractivity contribution in [3.8, 4) is 0 Å². The van der Waals surface area contributed by atoms with Gasteiger partial charge in [-0.2, -0.15) is 0 Å². The van der Waals surface area contributed by atoms with Crippen molar-refractivity contribution in [3.05, 3.63) is 58.6 Å². The van der Waals surface area contributed by atoms with Crippen LogP contribution in [0.3, 0.4) is 0 Å². The van der Waals surface area contributed by atoms with Crippen LogP contribution in [0, 0.1) is 0 Å². The van der Waals surface area contributed by atoms with E-state index in [9.17, 15) is 14.7 Å². The predicted molar refractivity (Wildman–Crippen MR) is 76.4 cm³/mol. The monoisotopic (exact) mass is 305 g/mol. The van der Waals surface area contributed by atoms with Gasteiger partial charge in [0.05, 0.1) is 5.97 Å². The standard InChI is InChI=1S/C15H11ClO3S/c1-9(17)10-2-5-12(6-3-10)20-14-7-4-11(16)8-13(14)15(18)19/h2-8H,1H3,(H,18,19)/p-1. The third-order valence-electron chi connectivity index (χ3n) is 2.65. The zero-order chi connectivity index (χ0) is 14.7. The molecule has 0 unspecified atom stereocenters. The first-order chi connectivity index (χ1) is 9.47. The van der Waals surface area contributed by atoms with Gasteiger partial charge >= 0.3 is 0 Å². The Morgan fingerprint density at radius 3 is 2.30 bits per heavy atom. The van der Waals surface area contributed by atoms with E-state index in [1.54, 1.807) is 36.4 Å². The maximum Gasteiger partial charge on any atom is 0.159 e. The van der Waals surface area contributed by atoms with Crippen LogP contribution in [-0.2, 0) is 0 Å². The average Bonchev–Trinajstić information content (AvgIpc) is 2.41. The summed E-state index contributed by atoms with van der Waals surface area (Å²) in [5, 5.41) is 11.4. The SMILES string of the molecule is CC(=O)c1ccc(Sc2ccc(Cl)cc2C(=O)[O-])cc1. The minimum Gasteiger partial charge on any atom is -0.545 e. The molecule has 0 saturated carbocycles. The van der Waals surface area contributed by atoms with Gasteiger partial charge in [0, 0.05) is 25.9 Å². The molecular formula is C15H10ClO3S-. The number of carbonyl (C=O) groups is 2. The first-order valence-corrected chi connectivity index (χ1v) is 6.96. The molecule has 0 aromatic heterocycles. The Balaban J connectivity index is 2.30. The van der Waals surface area contributed by atoms with Gasteiger partial charge in [-0.25, -0.2) is 0 Å². The molecule has 20 heavy (non-hydrogen) atoms. The minimum absolute atomic E-state index is 0.0107. The van der Waals surface area contributed by atoms with Crippen LogP contribution in [0.5, 0.6) is 0 Å². The van der Waals surface area contributed by atoms with E-state index in [1.807, 2.05) is 0 Å². The van der Waals surface area contributed by atoms with Crippen molar-refractivity contribution in [1.82, 2.24) is 0 Å². The molecule has 5 heteroatoms. The molecule has 2 aromatic carbocycles. The summed E-state index contributed by atoms with van der Waals surface area (Å²) >= 11 is 7.06. The summed E-state index contributed by atoms with van der Waals surface area (Å²) in [5.74, 6) is -1.28. The van der Waals surface area contributed by atoms with Crippen molar-refractivity contribution in [1.29, 1.82) is 0 Å². The lowest BCUT2D eigenvalue weighted by molar-refractivity contribution is -0.255. The molecule has 0 N–H and O–H groups in total. The van der Waals surface area contributed by atoms with E-state index in [-0.39, 0.29) is 11.3 Å². The van der Waals surface area contributed by atoms with Gasteiger partial charge in [-0.15, -0.1) is 0 Å². The summed E-state index contributed by atoms with van der Waals surface area (Å²) in [4.78, 5) is 23.6. The van der Waals surface area contributed by atoms with E-state index in [2.05, 4.69) is 0 Å². The number of ketones is 1. The first kappa shape index (κ1) is 14.6. The van der Waals surface area contributed by atoms with Gasteiger partial charge in [-0.05, 0) is 37.3 Å². The predicted octanol–water partition coefficient (Wildman–Crippen LogP) is 3.06. The highest BCUT2D eigenvalue weighted by atomic mass is 35.5. The fourth-order valence-electron chi connectivity index (χ4n) is 1.64. The lowest BCUT2D eigenvalue weighted by atomic mass is 10.2. The summed E-state index contributed by atoms with van der Waals surface area (Å²) in [5.41, 5.74) is 0.670. The molecular weight excluding hydrogens is 296 g/mol. The van der Waals surface area contributed by atoms with Crippen molar-refractivity contribution in [2.24, 2.45) is 0 Å². The Labute approximate surface area is 125 Å². The lowest BCUT2D eigenvalue weighted by Crippen LogP contribution is -2.22. The van der Waals surface area contributed by atoms with E-state index < -0.39 is 5.97 Å². The van der Waals surface area contributed by atoms with E-state index >= 15 is 0 Å². The van der Waals surface area contributed by atoms with E-state index in [0.717, 1.165) is 4.90 Å². The highest BCUT2D eigenvalue weighted by Crippen LogP contribution is 2.32. The van der Waals surface area contributed by atoms with E-state index in [1.165, 1.54) is 24.8 Å². The van der Waals surface area contributed by atoms with Gasteiger partial charge in [0.2, 0.25) is 0 Å². The Morgan fingerprint density at radius 2 is 1.75 bits per heavy atom. The molecule has 0 spiro atoms. The number of carboxylic acids is 1. The van der Waals surface area contributed by atoms with Crippen molar-refractivity contribution in [3.63, 3.8) is 0 Å². The average molecular weight is 306 g/mol. The van der Waals surface area contributed by atoms with E-state index in [4.69, 9.17) is 11.6 Å². The van der Waals surface area contributed by atoms with Crippen LogP contribution < -0.4 is 5.11 Å². The third-order valence-corrected chi connectivity index (χ3v) is 3.97. The summed E-state index contributed by atoms with van der Waals surface area (Å²) in [7, 11) is 0. The number of carboxylic acid groups (broad SMARTS) is 1. The van der Waals surface area contributed by atoms with Gasteiger partial charge < -0.3 is 9.90 Å². The number of rotatable bonds is 4. The van der Waals surface area contributed by atoms with Crippen LogP contribution in [0.25, 0.3) is 0 Å². The van der Waals surface area contributed by atoms with E-state index in [0.29, 0.717) is 15.5 Å². The topological polar surface area (TPSA) is 57.2 Å². The number of aromatic carboxylic acids is 1. The molecule has 2 aromatic rings. The fourth-order valence-corrected chi connectivity index (χ4v) is 2.72. The Hall–Kier alpha value is -1.78. The van der Waals surface area contributed by atoms with Gasteiger partial charge in [-0.3, -0.25) is 4.79 Å². The molecule has 0 bridgehead atoms.